The monoisotopic (exact) mass is 470 g/mol. The highest BCUT2D eigenvalue weighted by Crippen LogP contribution is 2.20. The van der Waals surface area contributed by atoms with Crippen molar-refractivity contribution in [1.82, 2.24) is 0 Å². The van der Waals surface area contributed by atoms with Gasteiger partial charge in [0.05, 0.1) is 36.5 Å². The first-order valence-corrected chi connectivity index (χ1v) is 10.2. The Labute approximate surface area is 196 Å². The Kier molecular flexibility index (Phi) is 8.66. The predicted molar refractivity (Wildman–Crippen MR) is 120 cm³/mol. The lowest BCUT2D eigenvalue weighted by atomic mass is 9.99. The lowest BCUT2D eigenvalue weighted by Crippen LogP contribution is -2.22. The number of aryl methyl sites for hydroxylation is 4. The van der Waals surface area contributed by atoms with Crippen LogP contribution in [0.25, 0.3) is 0 Å². The standard InChI is InChI=1S/C25H26O9/c1-13-7-17(22(27)31-5)8-14(2)20(13)24(29)33-11-19(26)12-34-25(30)21-15(3)9-18(10-16(21)4)23(28)32-6/h7-10H,11-12H2,1-6H3. The fourth-order valence-corrected chi connectivity index (χ4v) is 3.52. The smallest absolute Gasteiger partial charge is 0.339 e. The molecule has 0 saturated carbocycles. The van der Waals surface area contributed by atoms with Gasteiger partial charge < -0.3 is 18.9 Å². The summed E-state index contributed by atoms with van der Waals surface area (Å²) in [6, 6.07) is 5.98. The number of esters is 4. The maximum absolute atomic E-state index is 12.5. The van der Waals surface area contributed by atoms with Crippen LogP contribution in [-0.4, -0.2) is 57.1 Å². The molecule has 9 heteroatoms. The van der Waals surface area contributed by atoms with Crippen LogP contribution in [-0.2, 0) is 23.7 Å². The number of carbonyl (C=O) groups excluding carboxylic acids is 5. The lowest BCUT2D eigenvalue weighted by molar-refractivity contribution is -0.125. The number of ketones is 1. The summed E-state index contributed by atoms with van der Waals surface area (Å²) in [7, 11) is 2.52. The average Bonchev–Trinajstić information content (AvgIpc) is 2.79. The normalized spacial score (nSPS) is 10.3. The van der Waals surface area contributed by atoms with Crippen LogP contribution in [0.15, 0.2) is 24.3 Å². The highest BCUT2D eigenvalue weighted by molar-refractivity contribution is 5.99. The second-order valence-corrected chi connectivity index (χ2v) is 7.64. The van der Waals surface area contributed by atoms with Crippen molar-refractivity contribution in [2.75, 3.05) is 27.4 Å². The number of rotatable bonds is 8. The topological polar surface area (TPSA) is 122 Å². The van der Waals surface area contributed by atoms with Gasteiger partial charge in [-0.25, -0.2) is 19.2 Å². The lowest BCUT2D eigenvalue weighted by Gasteiger charge is -2.12. The van der Waals surface area contributed by atoms with Crippen LogP contribution in [0.2, 0.25) is 0 Å². The quantitative estimate of drug-likeness (QED) is 0.423. The van der Waals surface area contributed by atoms with Gasteiger partial charge in [0.25, 0.3) is 0 Å². The van der Waals surface area contributed by atoms with E-state index in [2.05, 4.69) is 9.47 Å². The largest absolute Gasteiger partial charge is 0.465 e. The number of ether oxygens (including phenoxy) is 4. The molecule has 0 atom stereocenters. The molecule has 2 aromatic carbocycles. The first kappa shape index (κ1) is 26.2. The molecule has 0 saturated heterocycles. The van der Waals surface area contributed by atoms with Crippen molar-refractivity contribution in [3.63, 3.8) is 0 Å². The van der Waals surface area contributed by atoms with Crippen LogP contribution >= 0.6 is 0 Å². The molecule has 0 aliphatic carbocycles. The molecule has 2 aromatic rings. The third-order valence-corrected chi connectivity index (χ3v) is 5.04. The summed E-state index contributed by atoms with van der Waals surface area (Å²) in [5.74, 6) is -3.17. The molecule has 0 bridgehead atoms. The third kappa shape index (κ3) is 6.06. The summed E-state index contributed by atoms with van der Waals surface area (Å²) < 4.78 is 19.5. The number of hydrogen-bond donors (Lipinski definition) is 0. The summed E-state index contributed by atoms with van der Waals surface area (Å²) in [6.07, 6.45) is 0. The van der Waals surface area contributed by atoms with Crippen LogP contribution < -0.4 is 0 Å². The van der Waals surface area contributed by atoms with Gasteiger partial charge in [-0.15, -0.1) is 0 Å². The van der Waals surface area contributed by atoms with Crippen LogP contribution in [0.5, 0.6) is 0 Å². The van der Waals surface area contributed by atoms with Crippen molar-refractivity contribution in [3.8, 4) is 0 Å². The molecule has 0 aromatic heterocycles. The van der Waals surface area contributed by atoms with Crippen molar-refractivity contribution in [3.05, 3.63) is 68.8 Å². The molecule has 2 rings (SSSR count). The summed E-state index contributed by atoms with van der Waals surface area (Å²) in [6.45, 7) is 5.35. The molecule has 0 radical (unpaired) electrons. The van der Waals surface area contributed by atoms with Gasteiger partial charge >= 0.3 is 23.9 Å². The van der Waals surface area contributed by atoms with E-state index in [1.54, 1.807) is 27.7 Å². The zero-order valence-corrected chi connectivity index (χ0v) is 19.9. The number of carbonyl (C=O) groups is 5. The van der Waals surface area contributed by atoms with Gasteiger partial charge in [-0.3, -0.25) is 4.79 Å². The highest BCUT2D eigenvalue weighted by atomic mass is 16.6. The molecular formula is C25H26O9. The van der Waals surface area contributed by atoms with Crippen molar-refractivity contribution >= 4 is 29.7 Å². The molecule has 0 heterocycles. The van der Waals surface area contributed by atoms with Gasteiger partial charge in [-0.1, -0.05) is 0 Å². The van der Waals surface area contributed by atoms with E-state index in [-0.39, 0.29) is 11.1 Å². The number of benzene rings is 2. The molecule has 0 aliphatic rings. The van der Waals surface area contributed by atoms with Gasteiger partial charge in [0.2, 0.25) is 5.78 Å². The van der Waals surface area contributed by atoms with Crippen LogP contribution in [0.4, 0.5) is 0 Å². The maximum atomic E-state index is 12.5. The predicted octanol–water partition coefficient (Wildman–Crippen LogP) is 3.08. The van der Waals surface area contributed by atoms with Gasteiger partial charge in [0.15, 0.2) is 13.2 Å². The van der Waals surface area contributed by atoms with E-state index < -0.39 is 42.9 Å². The molecule has 0 amide bonds. The first-order chi connectivity index (χ1) is 16.0. The molecule has 180 valence electrons. The Morgan fingerprint density at radius 3 is 1.12 bits per heavy atom. The molecule has 0 unspecified atom stereocenters. The minimum Gasteiger partial charge on any atom is -0.465 e. The zero-order chi connectivity index (χ0) is 25.6. The van der Waals surface area contributed by atoms with Crippen molar-refractivity contribution in [2.45, 2.75) is 27.7 Å². The number of Topliss-reactive ketones (excluding diaryl/α,β-unsaturated/α-hetero) is 1. The van der Waals surface area contributed by atoms with E-state index in [1.165, 1.54) is 38.5 Å². The zero-order valence-electron chi connectivity index (χ0n) is 19.9. The van der Waals surface area contributed by atoms with Crippen molar-refractivity contribution in [1.29, 1.82) is 0 Å². The van der Waals surface area contributed by atoms with Crippen LogP contribution in [0.1, 0.15) is 63.7 Å². The molecule has 0 N–H and O–H groups in total. The summed E-state index contributed by atoms with van der Waals surface area (Å²) >= 11 is 0. The fourth-order valence-electron chi connectivity index (χ4n) is 3.52. The maximum Gasteiger partial charge on any atom is 0.339 e. The Morgan fingerprint density at radius 2 is 0.853 bits per heavy atom. The molecular weight excluding hydrogens is 444 g/mol. The van der Waals surface area contributed by atoms with E-state index in [1.807, 2.05) is 0 Å². The van der Waals surface area contributed by atoms with Gasteiger partial charge in [-0.05, 0) is 74.2 Å². The highest BCUT2D eigenvalue weighted by Gasteiger charge is 2.21. The van der Waals surface area contributed by atoms with E-state index in [0.717, 1.165) is 0 Å². The van der Waals surface area contributed by atoms with E-state index >= 15 is 0 Å². The van der Waals surface area contributed by atoms with Gasteiger partial charge in [0.1, 0.15) is 0 Å². The van der Waals surface area contributed by atoms with E-state index in [9.17, 15) is 24.0 Å². The first-order valence-electron chi connectivity index (χ1n) is 10.2. The van der Waals surface area contributed by atoms with Crippen LogP contribution in [0, 0.1) is 27.7 Å². The average molecular weight is 470 g/mol. The van der Waals surface area contributed by atoms with Crippen LogP contribution in [0.3, 0.4) is 0 Å². The Balaban J connectivity index is 1.99. The molecule has 0 aliphatic heterocycles. The Morgan fingerprint density at radius 1 is 0.559 bits per heavy atom. The molecule has 9 nitrogen and oxygen atoms in total. The minimum absolute atomic E-state index is 0.231. The molecule has 0 spiro atoms. The SMILES string of the molecule is COC(=O)c1cc(C)c(C(=O)OCC(=O)COC(=O)c2c(C)cc(C(=O)OC)cc2C)c(C)c1. The van der Waals surface area contributed by atoms with Gasteiger partial charge in [0, 0.05) is 0 Å². The number of methoxy groups -OCH3 is 2. The van der Waals surface area contributed by atoms with E-state index in [4.69, 9.17) is 9.47 Å². The molecule has 34 heavy (non-hydrogen) atoms. The minimum atomic E-state index is -0.740. The third-order valence-electron chi connectivity index (χ3n) is 5.04. The van der Waals surface area contributed by atoms with E-state index in [0.29, 0.717) is 33.4 Å². The summed E-state index contributed by atoms with van der Waals surface area (Å²) in [5, 5.41) is 0. The fraction of sp³-hybridized carbons (Fsp3) is 0.320. The summed E-state index contributed by atoms with van der Waals surface area (Å²) in [5.41, 5.74) is 3.01. The van der Waals surface area contributed by atoms with Gasteiger partial charge in [-0.2, -0.15) is 0 Å². The second-order valence-electron chi connectivity index (χ2n) is 7.64. The Bertz CT molecular complexity index is 1030. The molecule has 0 fully saturated rings. The summed E-state index contributed by atoms with van der Waals surface area (Å²) in [4.78, 5) is 60.5. The van der Waals surface area contributed by atoms with Crippen molar-refractivity contribution in [2.24, 2.45) is 0 Å². The Hall–Kier alpha value is -4.01. The second kappa shape index (κ2) is 11.2. The van der Waals surface area contributed by atoms with Crippen molar-refractivity contribution < 1.29 is 42.9 Å². The number of hydrogen-bond acceptors (Lipinski definition) is 9.